The number of hydrogen-bond donors (Lipinski definition) is 0. The Kier molecular flexibility index (Phi) is 5.82. The molecule has 3 heteroatoms. The van der Waals surface area contributed by atoms with Gasteiger partial charge in [0, 0.05) is 27.5 Å². The van der Waals surface area contributed by atoms with Gasteiger partial charge in [-0.15, -0.1) is 0 Å². The number of fused-ring (bicyclic) bond motifs is 7. The van der Waals surface area contributed by atoms with Gasteiger partial charge in [-0.3, -0.25) is 0 Å². The minimum Gasteiger partial charge on any atom is -0.452 e. The van der Waals surface area contributed by atoms with E-state index in [2.05, 4.69) is 144 Å². The quantitative estimate of drug-likeness (QED) is 0.204. The Morgan fingerprint density at radius 1 is 0.378 bits per heavy atom. The van der Waals surface area contributed by atoms with E-state index >= 15 is 0 Å². The summed E-state index contributed by atoms with van der Waals surface area (Å²) < 4.78 is 13.0. The van der Waals surface area contributed by atoms with Crippen LogP contribution in [0.2, 0.25) is 0 Å². The molecule has 0 atom stereocenters. The second-order valence-corrected chi connectivity index (χ2v) is 11.3. The molecule has 0 N–H and O–H groups in total. The first-order valence-corrected chi connectivity index (χ1v) is 15.2. The van der Waals surface area contributed by atoms with Gasteiger partial charge in [0.05, 0.1) is 11.1 Å². The highest BCUT2D eigenvalue weighted by Crippen LogP contribution is 2.48. The van der Waals surface area contributed by atoms with E-state index in [4.69, 9.17) is 8.83 Å². The molecule has 0 amide bonds. The molecule has 0 saturated heterocycles. The van der Waals surface area contributed by atoms with Gasteiger partial charge < -0.3 is 13.7 Å². The van der Waals surface area contributed by atoms with Crippen LogP contribution in [-0.4, -0.2) is 0 Å². The van der Waals surface area contributed by atoms with Gasteiger partial charge in [-0.2, -0.15) is 0 Å². The first-order chi connectivity index (χ1) is 22.3. The van der Waals surface area contributed by atoms with E-state index in [0.717, 1.165) is 60.9 Å². The Morgan fingerprint density at radius 2 is 0.889 bits per heavy atom. The summed E-state index contributed by atoms with van der Waals surface area (Å²) >= 11 is 0. The average Bonchev–Trinajstić information content (AvgIpc) is 3.69. The van der Waals surface area contributed by atoms with Gasteiger partial charge in [0.2, 0.25) is 0 Å². The molecule has 0 saturated carbocycles. The molecule has 0 fully saturated rings. The van der Waals surface area contributed by atoms with Gasteiger partial charge in [-0.25, -0.2) is 0 Å². The fourth-order valence-corrected chi connectivity index (χ4v) is 6.62. The number of nitrogens with zero attached hydrogens (tertiary/aromatic N) is 1. The highest BCUT2D eigenvalue weighted by atomic mass is 16.4. The molecular formula is C42H27NO2. The summed E-state index contributed by atoms with van der Waals surface area (Å²) in [7, 11) is 0. The smallest absolute Gasteiger partial charge is 0.180 e. The number of hydrogen-bond acceptors (Lipinski definition) is 3. The number of para-hydroxylation sites is 3. The van der Waals surface area contributed by atoms with Crippen molar-refractivity contribution < 1.29 is 8.83 Å². The zero-order valence-corrected chi connectivity index (χ0v) is 24.4. The van der Waals surface area contributed by atoms with Crippen molar-refractivity contribution in [1.82, 2.24) is 0 Å². The summed E-state index contributed by atoms with van der Waals surface area (Å²) in [5.41, 5.74) is 11.2. The van der Waals surface area contributed by atoms with Gasteiger partial charge in [-0.1, -0.05) is 121 Å². The highest BCUT2D eigenvalue weighted by molar-refractivity contribution is 6.24. The fraction of sp³-hybridized carbons (Fsp3) is 0. The van der Waals surface area contributed by atoms with Gasteiger partial charge in [-0.05, 0) is 64.7 Å². The van der Waals surface area contributed by atoms with Crippen LogP contribution in [0.3, 0.4) is 0 Å². The van der Waals surface area contributed by atoms with Gasteiger partial charge in [0.15, 0.2) is 11.2 Å². The second-order valence-electron chi connectivity index (χ2n) is 11.3. The van der Waals surface area contributed by atoms with E-state index in [1.165, 1.54) is 22.3 Å². The fourth-order valence-electron chi connectivity index (χ4n) is 6.62. The second kappa shape index (κ2) is 10.3. The van der Waals surface area contributed by atoms with E-state index < -0.39 is 0 Å². The van der Waals surface area contributed by atoms with E-state index in [1.807, 2.05) is 24.3 Å². The molecule has 2 heterocycles. The lowest BCUT2D eigenvalue weighted by atomic mass is 9.94. The molecular weight excluding hydrogens is 550 g/mol. The van der Waals surface area contributed by atoms with Crippen LogP contribution in [0, 0.1) is 0 Å². The summed E-state index contributed by atoms with van der Waals surface area (Å²) in [5, 5.41) is 4.18. The summed E-state index contributed by atoms with van der Waals surface area (Å²) in [4.78, 5) is 2.33. The van der Waals surface area contributed by atoms with Crippen LogP contribution in [0.1, 0.15) is 0 Å². The average molecular weight is 578 g/mol. The Labute approximate surface area is 260 Å². The molecule has 0 aliphatic rings. The van der Waals surface area contributed by atoms with Gasteiger partial charge in [0.1, 0.15) is 11.2 Å². The molecule has 0 unspecified atom stereocenters. The van der Waals surface area contributed by atoms with Gasteiger partial charge >= 0.3 is 0 Å². The van der Waals surface area contributed by atoms with Crippen LogP contribution in [0.5, 0.6) is 0 Å². The molecule has 9 rings (SSSR count). The number of rotatable bonds is 5. The van der Waals surface area contributed by atoms with Crippen molar-refractivity contribution in [3.05, 3.63) is 164 Å². The summed E-state index contributed by atoms with van der Waals surface area (Å²) in [5.74, 6) is 0. The maximum atomic E-state index is 6.57. The van der Waals surface area contributed by atoms with Crippen molar-refractivity contribution in [3.63, 3.8) is 0 Å². The Morgan fingerprint density at radius 3 is 1.60 bits per heavy atom. The predicted octanol–water partition coefficient (Wildman–Crippen LogP) is 12.3. The first kappa shape index (κ1) is 25.4. The summed E-state index contributed by atoms with van der Waals surface area (Å²) in [6.07, 6.45) is 0. The third kappa shape index (κ3) is 4.13. The Hall–Kier alpha value is -6.06. The van der Waals surface area contributed by atoms with Crippen molar-refractivity contribution in [1.29, 1.82) is 0 Å². The monoisotopic (exact) mass is 577 g/mol. The lowest BCUT2D eigenvalue weighted by Gasteiger charge is -2.26. The molecule has 0 spiro atoms. The minimum atomic E-state index is 0.759. The van der Waals surface area contributed by atoms with Crippen LogP contribution >= 0.6 is 0 Å². The molecule has 212 valence electrons. The normalized spacial score (nSPS) is 11.6. The molecule has 0 bridgehead atoms. The Bertz CT molecular complexity index is 2470. The summed E-state index contributed by atoms with van der Waals surface area (Å²) in [6, 6.07) is 57.3. The molecule has 9 aromatic rings. The van der Waals surface area contributed by atoms with Crippen molar-refractivity contribution in [3.8, 4) is 22.3 Å². The number of anilines is 3. The van der Waals surface area contributed by atoms with Crippen molar-refractivity contribution in [2.24, 2.45) is 0 Å². The van der Waals surface area contributed by atoms with Crippen LogP contribution in [0.4, 0.5) is 17.1 Å². The maximum Gasteiger partial charge on any atom is 0.180 e. The SMILES string of the molecule is c1ccc(-c2ccccc2-c2ccc(N(c3ccccc3)c3cc4c5ccccc5oc4c4oc5ccccc5c34)cc2)cc1. The molecule has 3 nitrogen and oxygen atoms in total. The number of furan rings is 2. The minimum absolute atomic E-state index is 0.759. The lowest BCUT2D eigenvalue weighted by Crippen LogP contribution is -2.10. The zero-order valence-electron chi connectivity index (χ0n) is 24.4. The van der Waals surface area contributed by atoms with Crippen molar-refractivity contribution in [2.75, 3.05) is 4.90 Å². The third-order valence-electron chi connectivity index (χ3n) is 8.68. The summed E-state index contributed by atoms with van der Waals surface area (Å²) in [6.45, 7) is 0. The molecule has 2 aromatic heterocycles. The predicted molar refractivity (Wildman–Crippen MR) is 187 cm³/mol. The van der Waals surface area contributed by atoms with Crippen LogP contribution < -0.4 is 4.90 Å². The largest absolute Gasteiger partial charge is 0.452 e. The molecule has 0 radical (unpaired) electrons. The molecule has 0 aliphatic carbocycles. The Balaban J connectivity index is 1.29. The van der Waals surface area contributed by atoms with Crippen molar-refractivity contribution in [2.45, 2.75) is 0 Å². The third-order valence-corrected chi connectivity index (χ3v) is 8.68. The first-order valence-electron chi connectivity index (χ1n) is 15.2. The highest BCUT2D eigenvalue weighted by Gasteiger charge is 2.24. The van der Waals surface area contributed by atoms with E-state index in [-0.39, 0.29) is 0 Å². The lowest BCUT2D eigenvalue weighted by molar-refractivity contribution is 0.633. The standard InChI is InChI=1S/C42H27NO2/c1-3-13-28(14-4-1)32-17-7-8-18-33(32)29-23-25-31(26-24-29)43(30-15-5-2-6-16-30)37-27-36-34-19-9-11-21-38(34)44-41(36)42-40(37)35-20-10-12-22-39(35)45-42/h1-27H. The molecule has 7 aromatic carbocycles. The van der Waals surface area contributed by atoms with Crippen LogP contribution in [0.15, 0.2) is 173 Å². The van der Waals surface area contributed by atoms with Crippen molar-refractivity contribution >= 4 is 60.9 Å². The molecule has 0 aliphatic heterocycles. The number of benzene rings is 7. The maximum absolute atomic E-state index is 6.57. The van der Waals surface area contributed by atoms with Gasteiger partial charge in [0.25, 0.3) is 0 Å². The van der Waals surface area contributed by atoms with Crippen LogP contribution in [-0.2, 0) is 0 Å². The van der Waals surface area contributed by atoms with E-state index in [0.29, 0.717) is 0 Å². The van der Waals surface area contributed by atoms with E-state index in [1.54, 1.807) is 0 Å². The van der Waals surface area contributed by atoms with E-state index in [9.17, 15) is 0 Å². The molecule has 45 heavy (non-hydrogen) atoms. The van der Waals surface area contributed by atoms with Crippen LogP contribution in [0.25, 0.3) is 66.1 Å². The topological polar surface area (TPSA) is 29.5 Å². The zero-order chi connectivity index (χ0) is 29.7.